The van der Waals surface area contributed by atoms with Crippen LogP contribution in [0.25, 0.3) is 0 Å². The number of hydrogen-bond donors (Lipinski definition) is 0. The van der Waals surface area contributed by atoms with Crippen LogP contribution in [0.2, 0.25) is 0 Å². The Hall–Kier alpha value is -2.03. The number of benzene rings is 1. The average Bonchev–Trinajstić information content (AvgIpc) is 2.52. The van der Waals surface area contributed by atoms with Gasteiger partial charge in [0.15, 0.2) is 0 Å². The molecule has 1 atom stereocenters. The van der Waals surface area contributed by atoms with Crippen molar-refractivity contribution in [1.29, 1.82) is 0 Å². The Bertz CT molecular complexity index is 533. The maximum atomic E-state index is 11.2. The van der Waals surface area contributed by atoms with Gasteiger partial charge in [0, 0.05) is 13.0 Å². The van der Waals surface area contributed by atoms with Gasteiger partial charge >= 0.3 is 5.97 Å². The molecule has 1 aromatic rings. The minimum atomic E-state index is -0.499. The van der Waals surface area contributed by atoms with Gasteiger partial charge in [0.25, 0.3) is 0 Å². The SMILES string of the molecule is CCOC(=O)C#CCN(C)C(COC)c1cccc(OC)c1. The van der Waals surface area contributed by atoms with Crippen molar-refractivity contribution in [2.75, 3.05) is 41.0 Å². The van der Waals surface area contributed by atoms with Crippen LogP contribution in [0.3, 0.4) is 0 Å². The molecule has 0 bridgehead atoms. The van der Waals surface area contributed by atoms with E-state index in [0.717, 1.165) is 11.3 Å². The fourth-order valence-corrected chi connectivity index (χ4v) is 2.00. The molecule has 5 heteroatoms. The molecular weight excluding hydrogens is 282 g/mol. The minimum Gasteiger partial charge on any atom is -0.497 e. The smallest absolute Gasteiger partial charge is 0.384 e. The monoisotopic (exact) mass is 305 g/mol. The molecule has 0 spiro atoms. The molecule has 1 unspecified atom stereocenters. The first-order valence-electron chi connectivity index (χ1n) is 7.11. The number of carbonyl (C=O) groups is 1. The lowest BCUT2D eigenvalue weighted by molar-refractivity contribution is -0.136. The number of hydrogen-bond acceptors (Lipinski definition) is 5. The topological polar surface area (TPSA) is 48.0 Å². The quantitative estimate of drug-likeness (QED) is 0.437. The van der Waals surface area contributed by atoms with Crippen LogP contribution in [-0.4, -0.2) is 51.9 Å². The molecule has 1 aromatic carbocycles. The zero-order valence-corrected chi connectivity index (χ0v) is 13.6. The predicted molar refractivity (Wildman–Crippen MR) is 84.7 cm³/mol. The zero-order chi connectivity index (χ0) is 16.4. The second-order valence-corrected chi connectivity index (χ2v) is 4.69. The molecule has 0 aliphatic heterocycles. The number of nitrogens with zero attached hydrogens (tertiary/aromatic N) is 1. The van der Waals surface area contributed by atoms with Crippen LogP contribution in [-0.2, 0) is 14.3 Å². The van der Waals surface area contributed by atoms with Gasteiger partial charge in [-0.15, -0.1) is 0 Å². The van der Waals surface area contributed by atoms with Gasteiger partial charge in [-0.1, -0.05) is 18.1 Å². The molecule has 120 valence electrons. The number of methoxy groups -OCH3 is 2. The highest BCUT2D eigenvalue weighted by molar-refractivity contribution is 5.88. The molecule has 0 aromatic heterocycles. The molecule has 22 heavy (non-hydrogen) atoms. The first-order valence-corrected chi connectivity index (χ1v) is 7.11. The Balaban J connectivity index is 2.78. The average molecular weight is 305 g/mol. The maximum Gasteiger partial charge on any atom is 0.384 e. The van der Waals surface area contributed by atoms with E-state index in [0.29, 0.717) is 19.8 Å². The molecule has 5 nitrogen and oxygen atoms in total. The third kappa shape index (κ3) is 5.76. The normalized spacial score (nSPS) is 11.5. The number of ether oxygens (including phenoxy) is 3. The number of rotatable bonds is 7. The molecule has 0 aliphatic rings. The molecule has 0 aliphatic carbocycles. The lowest BCUT2D eigenvalue weighted by Gasteiger charge is -2.26. The highest BCUT2D eigenvalue weighted by Gasteiger charge is 2.16. The third-order valence-corrected chi connectivity index (χ3v) is 3.13. The lowest BCUT2D eigenvalue weighted by atomic mass is 10.1. The molecule has 1 rings (SSSR count). The molecule has 0 amide bonds. The summed E-state index contributed by atoms with van der Waals surface area (Å²) in [6.45, 7) is 3.04. The van der Waals surface area contributed by atoms with Crippen LogP contribution in [0.5, 0.6) is 5.75 Å². The minimum absolute atomic E-state index is 0.0246. The Kier molecular flexibility index (Phi) is 8.05. The number of carbonyl (C=O) groups excluding carboxylic acids is 1. The summed E-state index contributed by atoms with van der Waals surface area (Å²) in [5.41, 5.74) is 1.07. The highest BCUT2D eigenvalue weighted by Crippen LogP contribution is 2.23. The lowest BCUT2D eigenvalue weighted by Crippen LogP contribution is -2.28. The fraction of sp³-hybridized carbons (Fsp3) is 0.471. The van der Waals surface area contributed by atoms with Crippen LogP contribution >= 0.6 is 0 Å². The van der Waals surface area contributed by atoms with E-state index < -0.39 is 5.97 Å². The predicted octanol–water partition coefficient (Wildman–Crippen LogP) is 1.88. The van der Waals surface area contributed by atoms with Gasteiger partial charge in [0.05, 0.1) is 32.9 Å². The van der Waals surface area contributed by atoms with Crippen molar-refractivity contribution in [1.82, 2.24) is 4.90 Å². The van der Waals surface area contributed by atoms with Gasteiger partial charge in [0.1, 0.15) is 5.75 Å². The van der Waals surface area contributed by atoms with Crippen molar-refractivity contribution in [2.45, 2.75) is 13.0 Å². The van der Waals surface area contributed by atoms with E-state index in [-0.39, 0.29) is 6.04 Å². The van der Waals surface area contributed by atoms with Gasteiger partial charge in [-0.25, -0.2) is 4.79 Å². The second-order valence-electron chi connectivity index (χ2n) is 4.69. The molecule has 0 heterocycles. The Labute approximate surface area is 132 Å². The van der Waals surface area contributed by atoms with Crippen molar-refractivity contribution in [3.05, 3.63) is 29.8 Å². The molecule has 0 saturated heterocycles. The highest BCUT2D eigenvalue weighted by atomic mass is 16.5. The molecule has 0 saturated carbocycles. The van der Waals surface area contributed by atoms with Crippen LogP contribution in [0, 0.1) is 11.8 Å². The summed E-state index contributed by atoms with van der Waals surface area (Å²) in [4.78, 5) is 13.2. The van der Waals surface area contributed by atoms with Crippen LogP contribution in [0.1, 0.15) is 18.5 Å². The molecule has 0 N–H and O–H groups in total. The molecule has 0 fully saturated rings. The zero-order valence-electron chi connectivity index (χ0n) is 13.6. The summed E-state index contributed by atoms with van der Waals surface area (Å²) >= 11 is 0. The standard InChI is InChI=1S/C17H23NO4/c1-5-22-17(19)10-7-11-18(2)16(13-20-3)14-8-6-9-15(12-14)21-4/h6,8-9,12,16H,5,11,13H2,1-4H3. The van der Waals surface area contributed by atoms with Crippen molar-refractivity contribution >= 4 is 5.97 Å². The van der Waals surface area contributed by atoms with Gasteiger partial charge in [-0.3, -0.25) is 4.90 Å². The Morgan fingerprint density at radius 2 is 2.14 bits per heavy atom. The first-order chi connectivity index (χ1) is 10.6. The second kappa shape index (κ2) is 9.82. The number of likely N-dealkylation sites (N-methyl/N-ethyl adjacent to an activating group) is 1. The van der Waals surface area contributed by atoms with Crippen LogP contribution in [0.15, 0.2) is 24.3 Å². The van der Waals surface area contributed by atoms with Gasteiger partial charge in [0.2, 0.25) is 0 Å². The third-order valence-electron chi connectivity index (χ3n) is 3.13. The fourth-order valence-electron chi connectivity index (χ4n) is 2.00. The van der Waals surface area contributed by atoms with E-state index in [1.54, 1.807) is 21.1 Å². The maximum absolute atomic E-state index is 11.2. The summed E-state index contributed by atoms with van der Waals surface area (Å²) in [5, 5.41) is 0. The van der Waals surface area contributed by atoms with Crippen molar-refractivity contribution < 1.29 is 19.0 Å². The van der Waals surface area contributed by atoms with Gasteiger partial charge in [-0.2, -0.15) is 0 Å². The first kappa shape index (κ1) is 18.0. The Morgan fingerprint density at radius 3 is 2.77 bits per heavy atom. The van der Waals surface area contributed by atoms with E-state index in [4.69, 9.17) is 14.2 Å². The van der Waals surface area contributed by atoms with Gasteiger partial charge < -0.3 is 14.2 Å². The van der Waals surface area contributed by atoms with E-state index in [2.05, 4.69) is 11.8 Å². The summed E-state index contributed by atoms with van der Waals surface area (Å²) in [5.74, 6) is 5.59. The van der Waals surface area contributed by atoms with E-state index in [9.17, 15) is 4.79 Å². The van der Waals surface area contributed by atoms with Gasteiger partial charge in [-0.05, 0) is 31.7 Å². The van der Waals surface area contributed by atoms with E-state index in [1.807, 2.05) is 36.2 Å². The van der Waals surface area contributed by atoms with Crippen molar-refractivity contribution in [3.63, 3.8) is 0 Å². The van der Waals surface area contributed by atoms with Crippen molar-refractivity contribution in [2.24, 2.45) is 0 Å². The molecule has 0 radical (unpaired) electrons. The summed E-state index contributed by atoms with van der Waals surface area (Å²) in [6, 6.07) is 7.85. The van der Waals surface area contributed by atoms with E-state index >= 15 is 0 Å². The summed E-state index contributed by atoms with van der Waals surface area (Å²) < 4.78 is 15.3. The van der Waals surface area contributed by atoms with Crippen molar-refractivity contribution in [3.8, 4) is 17.6 Å². The summed E-state index contributed by atoms with van der Waals surface area (Å²) in [7, 11) is 5.23. The van der Waals surface area contributed by atoms with Crippen LogP contribution in [0.4, 0.5) is 0 Å². The van der Waals surface area contributed by atoms with Crippen LogP contribution < -0.4 is 4.74 Å². The van der Waals surface area contributed by atoms with E-state index in [1.165, 1.54) is 0 Å². The molecular formula is C17H23NO4. The summed E-state index contributed by atoms with van der Waals surface area (Å²) in [6.07, 6.45) is 0. The Morgan fingerprint density at radius 1 is 1.36 bits per heavy atom. The largest absolute Gasteiger partial charge is 0.497 e. The number of esters is 1.